The monoisotopic (exact) mass is 392 g/mol. The van der Waals surface area contributed by atoms with Gasteiger partial charge in [0.15, 0.2) is 0 Å². The number of aryl methyl sites for hydroxylation is 1. The molecule has 1 saturated heterocycles. The van der Waals surface area contributed by atoms with E-state index < -0.39 is 0 Å². The lowest BCUT2D eigenvalue weighted by molar-refractivity contribution is -0.128. The van der Waals surface area contributed by atoms with E-state index in [1.165, 1.54) is 4.57 Å². The van der Waals surface area contributed by atoms with Crippen molar-refractivity contribution in [2.45, 2.75) is 32.5 Å². The molecule has 150 valence electrons. The molecular weight excluding hydrogens is 368 g/mol. The van der Waals surface area contributed by atoms with Crippen molar-refractivity contribution in [2.75, 3.05) is 6.54 Å². The fourth-order valence-electron chi connectivity index (χ4n) is 3.85. The number of amides is 2. The molecule has 0 spiro atoms. The molecule has 0 aliphatic carbocycles. The smallest absolute Gasteiger partial charge is 0.329 e. The van der Waals surface area contributed by atoms with Gasteiger partial charge in [-0.05, 0) is 29.7 Å². The lowest BCUT2D eigenvalue weighted by Gasteiger charge is -2.16. The molecule has 2 amide bonds. The van der Waals surface area contributed by atoms with Gasteiger partial charge in [-0.15, -0.1) is 0 Å². The van der Waals surface area contributed by atoms with Crippen LogP contribution in [-0.4, -0.2) is 32.4 Å². The summed E-state index contributed by atoms with van der Waals surface area (Å²) in [5.74, 6) is -0.0205. The van der Waals surface area contributed by atoms with E-state index in [4.69, 9.17) is 0 Å². The quantitative estimate of drug-likeness (QED) is 0.695. The first-order chi connectivity index (χ1) is 14.0. The molecule has 3 aromatic rings. The Labute approximate surface area is 168 Å². The van der Waals surface area contributed by atoms with Crippen LogP contribution in [0.2, 0.25) is 0 Å². The zero-order valence-electron chi connectivity index (χ0n) is 16.4. The predicted molar refractivity (Wildman–Crippen MR) is 110 cm³/mol. The lowest BCUT2D eigenvalue weighted by atomic mass is 10.1. The average molecular weight is 392 g/mol. The normalized spacial score (nSPS) is 14.0. The second-order valence-corrected chi connectivity index (χ2v) is 7.43. The van der Waals surface area contributed by atoms with Crippen LogP contribution in [0.5, 0.6) is 0 Å². The van der Waals surface area contributed by atoms with E-state index >= 15 is 0 Å². The molecule has 0 bridgehead atoms. The van der Waals surface area contributed by atoms with Crippen LogP contribution >= 0.6 is 0 Å². The van der Waals surface area contributed by atoms with Gasteiger partial charge in [0, 0.05) is 33.1 Å². The Kier molecular flexibility index (Phi) is 5.20. The van der Waals surface area contributed by atoms with Crippen LogP contribution in [-0.2, 0) is 36.3 Å². The molecular formula is C22H24N4O3. The van der Waals surface area contributed by atoms with E-state index in [1.807, 2.05) is 53.4 Å². The topological polar surface area (TPSA) is 76.3 Å². The molecule has 1 N–H and O–H groups in total. The number of likely N-dealkylation sites (tertiary alicyclic amines) is 1. The summed E-state index contributed by atoms with van der Waals surface area (Å²) in [6.45, 7) is 1.76. The van der Waals surface area contributed by atoms with Gasteiger partial charge in [0.05, 0.1) is 11.0 Å². The highest BCUT2D eigenvalue weighted by atomic mass is 16.2. The number of benzene rings is 2. The van der Waals surface area contributed by atoms with Crippen molar-refractivity contribution < 1.29 is 9.59 Å². The van der Waals surface area contributed by atoms with Crippen molar-refractivity contribution in [2.24, 2.45) is 7.05 Å². The van der Waals surface area contributed by atoms with Crippen molar-refractivity contribution in [1.82, 2.24) is 19.4 Å². The lowest BCUT2D eigenvalue weighted by Crippen LogP contribution is -2.32. The number of nitrogens with one attached hydrogen (secondary N) is 1. The fraction of sp³-hybridized carbons (Fsp3) is 0.318. The summed E-state index contributed by atoms with van der Waals surface area (Å²) in [7, 11) is 1.70. The van der Waals surface area contributed by atoms with Crippen LogP contribution in [0.4, 0.5) is 0 Å². The number of carbonyl (C=O) groups is 2. The maximum Gasteiger partial charge on any atom is 0.329 e. The number of nitrogens with zero attached hydrogens (tertiary/aromatic N) is 3. The molecule has 7 nitrogen and oxygen atoms in total. The van der Waals surface area contributed by atoms with Crippen LogP contribution in [0.15, 0.2) is 53.3 Å². The van der Waals surface area contributed by atoms with E-state index in [0.717, 1.165) is 35.1 Å². The van der Waals surface area contributed by atoms with Crippen LogP contribution in [0.3, 0.4) is 0 Å². The Hall–Kier alpha value is -3.35. The summed E-state index contributed by atoms with van der Waals surface area (Å²) in [5, 5.41) is 2.89. The maximum atomic E-state index is 12.5. The van der Waals surface area contributed by atoms with Gasteiger partial charge in [-0.1, -0.05) is 36.4 Å². The highest BCUT2D eigenvalue weighted by molar-refractivity contribution is 5.81. The minimum atomic E-state index is -0.219. The predicted octanol–water partition coefficient (Wildman–Crippen LogP) is 1.78. The Morgan fingerprint density at radius 1 is 1.03 bits per heavy atom. The molecule has 1 aliphatic heterocycles. The summed E-state index contributed by atoms with van der Waals surface area (Å²) < 4.78 is 3.03. The van der Waals surface area contributed by atoms with E-state index in [2.05, 4.69) is 5.32 Å². The number of fused-ring (bicyclic) bond motifs is 1. The number of imidazole rings is 1. The van der Waals surface area contributed by atoms with Crippen molar-refractivity contribution in [3.8, 4) is 0 Å². The molecule has 4 rings (SSSR count). The average Bonchev–Trinajstić information content (AvgIpc) is 3.23. The second kappa shape index (κ2) is 7.95. The maximum absolute atomic E-state index is 12.5. The number of hydrogen-bond donors (Lipinski definition) is 1. The van der Waals surface area contributed by atoms with E-state index in [-0.39, 0.29) is 24.0 Å². The first kappa shape index (κ1) is 19.0. The van der Waals surface area contributed by atoms with Crippen molar-refractivity contribution >= 4 is 22.8 Å². The molecule has 0 saturated carbocycles. The molecule has 1 aromatic heterocycles. The van der Waals surface area contributed by atoms with Gasteiger partial charge in [-0.3, -0.25) is 18.7 Å². The highest BCUT2D eigenvalue weighted by Gasteiger charge is 2.20. The van der Waals surface area contributed by atoms with Crippen LogP contribution in [0.1, 0.15) is 24.0 Å². The summed E-state index contributed by atoms with van der Waals surface area (Å²) in [6.07, 6.45) is 1.55. The number of carbonyl (C=O) groups excluding carboxylic acids is 2. The van der Waals surface area contributed by atoms with Crippen molar-refractivity contribution in [1.29, 1.82) is 0 Å². The molecule has 0 atom stereocenters. The largest absolute Gasteiger partial charge is 0.350 e. The number of hydrogen-bond acceptors (Lipinski definition) is 3. The zero-order valence-corrected chi connectivity index (χ0v) is 16.4. The molecule has 7 heteroatoms. The van der Waals surface area contributed by atoms with Crippen molar-refractivity contribution in [3.63, 3.8) is 0 Å². The SMILES string of the molecule is Cn1c(=O)n(CC(=O)NCc2cccc(CN3CCCC3=O)c2)c2ccccc21. The zero-order chi connectivity index (χ0) is 20.4. The third-order valence-electron chi connectivity index (χ3n) is 5.38. The summed E-state index contributed by atoms with van der Waals surface area (Å²) in [5.41, 5.74) is 3.35. The van der Waals surface area contributed by atoms with E-state index in [0.29, 0.717) is 19.5 Å². The number of aromatic nitrogens is 2. The molecule has 2 heterocycles. The molecule has 29 heavy (non-hydrogen) atoms. The molecule has 0 unspecified atom stereocenters. The van der Waals surface area contributed by atoms with Gasteiger partial charge < -0.3 is 10.2 Å². The van der Waals surface area contributed by atoms with E-state index in [9.17, 15) is 14.4 Å². The van der Waals surface area contributed by atoms with Gasteiger partial charge in [-0.25, -0.2) is 4.79 Å². The Bertz CT molecular complexity index is 1130. The fourth-order valence-corrected chi connectivity index (χ4v) is 3.85. The van der Waals surface area contributed by atoms with E-state index in [1.54, 1.807) is 11.6 Å². The standard InChI is InChI=1S/C22H24N4O3/c1-24-18-8-2-3-9-19(18)26(22(24)29)15-20(27)23-13-16-6-4-7-17(12-16)14-25-11-5-10-21(25)28/h2-4,6-9,12H,5,10-11,13-15H2,1H3,(H,23,27). The van der Waals surface area contributed by atoms with Gasteiger partial charge in [-0.2, -0.15) is 0 Å². The highest BCUT2D eigenvalue weighted by Crippen LogP contribution is 2.15. The Morgan fingerprint density at radius 3 is 2.55 bits per heavy atom. The number of rotatable bonds is 6. The van der Waals surface area contributed by atoms with Gasteiger partial charge >= 0.3 is 5.69 Å². The van der Waals surface area contributed by atoms with Crippen molar-refractivity contribution in [3.05, 3.63) is 70.1 Å². The van der Waals surface area contributed by atoms with Gasteiger partial charge in [0.1, 0.15) is 6.54 Å². The Balaban J connectivity index is 1.40. The Morgan fingerprint density at radius 2 is 1.79 bits per heavy atom. The minimum absolute atomic E-state index is 0.0256. The molecule has 1 aliphatic rings. The van der Waals surface area contributed by atoms with Gasteiger partial charge in [0.25, 0.3) is 0 Å². The number of para-hydroxylation sites is 2. The minimum Gasteiger partial charge on any atom is -0.350 e. The molecule has 0 radical (unpaired) electrons. The summed E-state index contributed by atoms with van der Waals surface area (Å²) in [6, 6.07) is 15.3. The summed E-state index contributed by atoms with van der Waals surface area (Å²) >= 11 is 0. The first-order valence-corrected chi connectivity index (χ1v) is 9.79. The van der Waals surface area contributed by atoms with Crippen LogP contribution in [0.25, 0.3) is 11.0 Å². The first-order valence-electron chi connectivity index (χ1n) is 9.79. The molecule has 1 fully saturated rings. The third kappa shape index (κ3) is 3.94. The van der Waals surface area contributed by atoms with Gasteiger partial charge in [0.2, 0.25) is 11.8 Å². The second-order valence-electron chi connectivity index (χ2n) is 7.43. The molecule has 2 aromatic carbocycles. The summed E-state index contributed by atoms with van der Waals surface area (Å²) in [4.78, 5) is 38.6. The third-order valence-corrected chi connectivity index (χ3v) is 5.38. The van der Waals surface area contributed by atoms with Crippen LogP contribution in [0, 0.1) is 0 Å². The van der Waals surface area contributed by atoms with Crippen LogP contribution < -0.4 is 11.0 Å².